The minimum atomic E-state index is 0.293. The van der Waals surface area contributed by atoms with Crippen LogP contribution >= 0.6 is 16.1 Å². The molecule has 1 aromatic rings. The summed E-state index contributed by atoms with van der Waals surface area (Å²) in [5.74, 6) is 1.10. The van der Waals surface area contributed by atoms with Gasteiger partial charge in [-0.15, -0.1) is 0 Å². The normalized spacial score (nSPS) is 23.8. The van der Waals surface area contributed by atoms with Crippen molar-refractivity contribution in [3.05, 3.63) is 29.8 Å². The molecule has 3 rings (SSSR count). The van der Waals surface area contributed by atoms with E-state index in [1.807, 2.05) is 0 Å². The molecule has 2 aliphatic heterocycles. The number of hydrogen-bond donors (Lipinski definition) is 0. The molecule has 0 unspecified atom stereocenters. The van der Waals surface area contributed by atoms with E-state index in [1.165, 1.54) is 18.4 Å². The Labute approximate surface area is 98.6 Å². The molecular formula is C12H14BrNO. The van der Waals surface area contributed by atoms with Crippen LogP contribution in [-0.4, -0.2) is 23.6 Å². The lowest BCUT2D eigenvalue weighted by Gasteiger charge is -2.35. The monoisotopic (exact) mass is 267 g/mol. The lowest BCUT2D eigenvalue weighted by atomic mass is 9.75. The lowest BCUT2D eigenvalue weighted by molar-refractivity contribution is 0.193. The highest BCUT2D eigenvalue weighted by atomic mass is 79.9. The van der Waals surface area contributed by atoms with E-state index in [2.05, 4.69) is 44.3 Å². The van der Waals surface area contributed by atoms with Gasteiger partial charge in [-0.3, -0.25) is 0 Å². The zero-order valence-corrected chi connectivity index (χ0v) is 10.2. The molecule has 0 bridgehead atoms. The summed E-state index contributed by atoms with van der Waals surface area (Å²) < 4.78 is 8.01. The molecule has 0 N–H and O–H groups in total. The molecule has 1 fully saturated rings. The van der Waals surface area contributed by atoms with E-state index >= 15 is 0 Å². The Bertz CT molecular complexity index is 372. The van der Waals surface area contributed by atoms with Gasteiger partial charge >= 0.3 is 0 Å². The van der Waals surface area contributed by atoms with Crippen molar-refractivity contribution in [3.8, 4) is 5.75 Å². The molecule has 0 atom stereocenters. The van der Waals surface area contributed by atoms with Crippen LogP contribution in [0.1, 0.15) is 18.4 Å². The Hall–Kier alpha value is -0.540. The first-order valence-corrected chi connectivity index (χ1v) is 6.14. The van der Waals surface area contributed by atoms with Crippen LogP contribution in [0.3, 0.4) is 0 Å². The second-order valence-electron chi connectivity index (χ2n) is 4.48. The average Bonchev–Trinajstić information content (AvgIpc) is 2.63. The number of ether oxygens (including phenoxy) is 1. The number of piperidine rings is 1. The lowest BCUT2D eigenvalue weighted by Crippen LogP contribution is -2.39. The molecule has 0 radical (unpaired) electrons. The van der Waals surface area contributed by atoms with Crippen LogP contribution in [0.25, 0.3) is 0 Å². The van der Waals surface area contributed by atoms with E-state index in [9.17, 15) is 0 Å². The summed E-state index contributed by atoms with van der Waals surface area (Å²) in [5, 5.41) is 0. The number of halogens is 1. The van der Waals surface area contributed by atoms with Crippen LogP contribution in [0, 0.1) is 0 Å². The van der Waals surface area contributed by atoms with Crippen LogP contribution < -0.4 is 4.74 Å². The first kappa shape index (κ1) is 9.67. The number of nitrogens with zero attached hydrogens (tertiary/aromatic N) is 1. The largest absolute Gasteiger partial charge is 0.492 e. The Morgan fingerprint density at radius 2 is 1.93 bits per heavy atom. The minimum absolute atomic E-state index is 0.293. The molecule has 0 saturated carbocycles. The van der Waals surface area contributed by atoms with Crippen molar-refractivity contribution >= 4 is 16.1 Å². The number of hydrogen-bond acceptors (Lipinski definition) is 2. The third kappa shape index (κ3) is 1.49. The fourth-order valence-electron chi connectivity index (χ4n) is 2.65. The van der Waals surface area contributed by atoms with E-state index < -0.39 is 0 Å². The molecule has 1 saturated heterocycles. The van der Waals surface area contributed by atoms with Crippen LogP contribution in [0.5, 0.6) is 5.75 Å². The number of para-hydroxylation sites is 1. The topological polar surface area (TPSA) is 12.5 Å². The number of fused-ring (bicyclic) bond motifs is 2. The molecule has 1 aromatic carbocycles. The fraction of sp³-hybridized carbons (Fsp3) is 0.500. The van der Waals surface area contributed by atoms with Crippen molar-refractivity contribution < 1.29 is 4.74 Å². The Kier molecular flexibility index (Phi) is 2.25. The van der Waals surface area contributed by atoms with Crippen molar-refractivity contribution in [1.29, 1.82) is 0 Å². The molecule has 0 amide bonds. The Morgan fingerprint density at radius 3 is 2.73 bits per heavy atom. The molecule has 2 aliphatic rings. The van der Waals surface area contributed by atoms with Crippen molar-refractivity contribution in [3.63, 3.8) is 0 Å². The molecule has 1 spiro atoms. The van der Waals surface area contributed by atoms with Crippen LogP contribution in [0.2, 0.25) is 0 Å². The average molecular weight is 268 g/mol. The predicted molar refractivity (Wildman–Crippen MR) is 63.3 cm³/mol. The first-order valence-electron chi connectivity index (χ1n) is 5.43. The van der Waals surface area contributed by atoms with Gasteiger partial charge in [0.15, 0.2) is 0 Å². The van der Waals surface area contributed by atoms with E-state index in [0.717, 1.165) is 25.4 Å². The smallest absolute Gasteiger partial charge is 0.123 e. The van der Waals surface area contributed by atoms with E-state index in [-0.39, 0.29) is 0 Å². The first-order chi connectivity index (χ1) is 7.30. The maximum Gasteiger partial charge on any atom is 0.123 e. The zero-order valence-electron chi connectivity index (χ0n) is 8.58. The van der Waals surface area contributed by atoms with Crippen molar-refractivity contribution in [2.24, 2.45) is 0 Å². The third-order valence-electron chi connectivity index (χ3n) is 3.63. The van der Waals surface area contributed by atoms with E-state index in [0.29, 0.717) is 5.41 Å². The van der Waals surface area contributed by atoms with Crippen LogP contribution in [0.15, 0.2) is 24.3 Å². The summed E-state index contributed by atoms with van der Waals surface area (Å²) in [4.78, 5) is 0. The van der Waals surface area contributed by atoms with Gasteiger partial charge in [0.25, 0.3) is 0 Å². The summed E-state index contributed by atoms with van der Waals surface area (Å²) in [6.07, 6.45) is 2.38. The van der Waals surface area contributed by atoms with Gasteiger partial charge < -0.3 is 4.74 Å². The minimum Gasteiger partial charge on any atom is -0.492 e. The highest BCUT2D eigenvalue weighted by Crippen LogP contribution is 2.45. The summed E-state index contributed by atoms with van der Waals surface area (Å²) in [6, 6.07) is 8.49. The molecule has 80 valence electrons. The van der Waals surface area contributed by atoms with Gasteiger partial charge in [-0.1, -0.05) is 18.2 Å². The quantitative estimate of drug-likeness (QED) is 0.671. The summed E-state index contributed by atoms with van der Waals surface area (Å²) in [7, 11) is 0. The molecular weight excluding hydrogens is 254 g/mol. The molecule has 0 aliphatic carbocycles. The summed E-state index contributed by atoms with van der Waals surface area (Å²) >= 11 is 3.55. The number of rotatable bonds is 0. The summed E-state index contributed by atoms with van der Waals surface area (Å²) in [6.45, 7) is 3.09. The predicted octanol–water partition coefficient (Wildman–Crippen LogP) is 2.72. The van der Waals surface area contributed by atoms with Gasteiger partial charge in [-0.25, -0.2) is 3.93 Å². The Morgan fingerprint density at radius 1 is 1.20 bits per heavy atom. The van der Waals surface area contributed by atoms with Gasteiger partial charge in [-0.05, 0) is 18.9 Å². The van der Waals surface area contributed by atoms with Crippen molar-refractivity contribution in [1.82, 2.24) is 3.93 Å². The highest BCUT2D eigenvalue weighted by molar-refractivity contribution is 9.07. The second kappa shape index (κ2) is 3.49. The van der Waals surface area contributed by atoms with Crippen molar-refractivity contribution in [2.75, 3.05) is 19.7 Å². The summed E-state index contributed by atoms with van der Waals surface area (Å²) in [5.41, 5.74) is 1.71. The SMILES string of the molecule is BrN1CCC2(CC1)COc1ccccc12. The highest BCUT2D eigenvalue weighted by Gasteiger charge is 2.42. The maximum absolute atomic E-state index is 5.79. The number of benzene rings is 1. The molecule has 2 heterocycles. The zero-order chi connectivity index (χ0) is 10.3. The molecule has 3 heteroatoms. The van der Waals surface area contributed by atoms with Gasteiger partial charge in [0.2, 0.25) is 0 Å². The Balaban J connectivity index is 1.95. The molecule has 0 aromatic heterocycles. The van der Waals surface area contributed by atoms with Gasteiger partial charge in [0, 0.05) is 40.2 Å². The van der Waals surface area contributed by atoms with E-state index in [1.54, 1.807) is 0 Å². The molecule has 2 nitrogen and oxygen atoms in total. The molecule has 15 heavy (non-hydrogen) atoms. The fourth-order valence-corrected chi connectivity index (χ4v) is 3.00. The second-order valence-corrected chi connectivity index (χ2v) is 5.48. The van der Waals surface area contributed by atoms with Gasteiger partial charge in [0.05, 0.1) is 6.61 Å². The standard InChI is InChI=1S/C12H14BrNO/c13-14-7-5-12(6-8-14)9-15-11-4-2-1-3-10(11)12/h1-4H,5-9H2. The van der Waals surface area contributed by atoms with Crippen LogP contribution in [-0.2, 0) is 5.41 Å². The van der Waals surface area contributed by atoms with Gasteiger partial charge in [-0.2, -0.15) is 0 Å². The third-order valence-corrected chi connectivity index (χ3v) is 4.34. The van der Waals surface area contributed by atoms with Crippen LogP contribution in [0.4, 0.5) is 0 Å². The van der Waals surface area contributed by atoms with Gasteiger partial charge in [0.1, 0.15) is 5.75 Å². The van der Waals surface area contributed by atoms with Crippen molar-refractivity contribution in [2.45, 2.75) is 18.3 Å². The maximum atomic E-state index is 5.79. The van der Waals surface area contributed by atoms with E-state index in [4.69, 9.17) is 4.74 Å².